The average molecular weight is 787 g/mol. The minimum Gasteiger partial charge on any atom is -0.481 e. The Bertz CT molecular complexity index is 1820. The lowest BCUT2D eigenvalue weighted by molar-refractivity contribution is -0.251. The molecule has 316 valence electrons. The predicted octanol–water partition coefficient (Wildman–Crippen LogP) is 11.0. The van der Waals surface area contributed by atoms with E-state index >= 15 is 4.79 Å². The quantitative estimate of drug-likeness (QED) is 0.226. The minimum absolute atomic E-state index is 0.0936. The number of carbonyl (C=O) groups is 3. The number of amides is 1. The van der Waals surface area contributed by atoms with Crippen LogP contribution in [0.1, 0.15) is 177 Å². The van der Waals surface area contributed by atoms with Crippen molar-refractivity contribution in [1.29, 1.82) is 0 Å². The lowest BCUT2D eigenvalue weighted by Gasteiger charge is -2.73. The summed E-state index contributed by atoms with van der Waals surface area (Å²) in [5, 5.41) is 9.69. The number of ether oxygens (including phenoxy) is 1. The van der Waals surface area contributed by atoms with E-state index in [-0.39, 0.29) is 56.5 Å². The second-order valence-electron chi connectivity index (χ2n) is 23.6. The third-order valence-corrected chi connectivity index (χ3v) is 19.6. The van der Waals surface area contributed by atoms with Crippen molar-refractivity contribution in [2.24, 2.45) is 73.9 Å². The van der Waals surface area contributed by atoms with Gasteiger partial charge >= 0.3 is 11.9 Å². The zero-order chi connectivity index (χ0) is 41.5. The number of oxazole rings is 1. The summed E-state index contributed by atoms with van der Waals surface area (Å²) in [6.45, 7) is 30.4. The number of likely N-dealkylation sites (tertiary alicyclic amines) is 1. The summed E-state index contributed by atoms with van der Waals surface area (Å²) >= 11 is 0. The monoisotopic (exact) mass is 787 g/mol. The van der Waals surface area contributed by atoms with Crippen LogP contribution in [0.4, 0.5) is 0 Å². The second kappa shape index (κ2) is 13.2. The highest BCUT2D eigenvalue weighted by Crippen LogP contribution is 2.78. The van der Waals surface area contributed by atoms with E-state index in [1.54, 1.807) is 6.26 Å². The van der Waals surface area contributed by atoms with Gasteiger partial charge in [0, 0.05) is 17.4 Å². The lowest BCUT2D eigenvalue weighted by Crippen LogP contribution is -2.67. The number of rotatable bonds is 6. The molecule has 7 fully saturated rings. The molecule has 0 radical (unpaired) electrons. The van der Waals surface area contributed by atoms with E-state index in [2.05, 4.69) is 73.8 Å². The van der Waals surface area contributed by atoms with E-state index in [9.17, 15) is 14.7 Å². The molecule has 2 heterocycles. The molecule has 57 heavy (non-hydrogen) atoms. The molecular formula is C49H74N2O6. The SMILES string of the molecule is C=C(C)[C@@H]1CC[C@]2(C(=O)N3CCC[C@H]3c3nc(C(C)(C)C)co3)CC[C@]3(C)[C@H](CCC4[C@@]5(C)CC[C@H](OC(=O)[C@H]6C[C@@H](C(=O)O)C6(C)C)C(C)(C)C5CC[C@]43C)C12. The van der Waals surface area contributed by atoms with Gasteiger partial charge in [-0.1, -0.05) is 81.4 Å². The fourth-order valence-corrected chi connectivity index (χ4v) is 16.0. The number of allylic oxidation sites excluding steroid dienone is 1. The van der Waals surface area contributed by atoms with Gasteiger partial charge in [0.05, 0.1) is 22.9 Å². The molecule has 1 saturated heterocycles. The van der Waals surface area contributed by atoms with Gasteiger partial charge in [0.2, 0.25) is 11.8 Å². The first-order valence-corrected chi connectivity index (χ1v) is 22.8. The highest BCUT2D eigenvalue weighted by Gasteiger charge is 2.72. The Balaban J connectivity index is 1.05. The molecule has 0 aromatic carbocycles. The van der Waals surface area contributed by atoms with Gasteiger partial charge in [-0.3, -0.25) is 14.4 Å². The van der Waals surface area contributed by atoms with E-state index in [1.165, 1.54) is 12.0 Å². The molecule has 8 heteroatoms. The van der Waals surface area contributed by atoms with Crippen LogP contribution in [0.5, 0.6) is 0 Å². The van der Waals surface area contributed by atoms with Crippen molar-refractivity contribution in [2.75, 3.05) is 6.54 Å². The van der Waals surface area contributed by atoms with Gasteiger partial charge < -0.3 is 19.2 Å². The molecule has 8 nitrogen and oxygen atoms in total. The van der Waals surface area contributed by atoms with Crippen molar-refractivity contribution < 1.29 is 28.6 Å². The molecule has 0 spiro atoms. The maximum absolute atomic E-state index is 15.4. The van der Waals surface area contributed by atoms with Gasteiger partial charge in [0.15, 0.2) is 0 Å². The normalized spacial score (nSPS) is 44.5. The van der Waals surface area contributed by atoms with Gasteiger partial charge in [-0.25, -0.2) is 4.98 Å². The van der Waals surface area contributed by atoms with E-state index < -0.39 is 17.3 Å². The van der Waals surface area contributed by atoms with Gasteiger partial charge in [0.1, 0.15) is 18.4 Å². The van der Waals surface area contributed by atoms with Crippen LogP contribution >= 0.6 is 0 Å². The zero-order valence-corrected chi connectivity index (χ0v) is 37.3. The van der Waals surface area contributed by atoms with Crippen molar-refractivity contribution in [2.45, 2.75) is 177 Å². The fraction of sp³-hybridized carbons (Fsp3) is 0.837. The van der Waals surface area contributed by atoms with Crippen LogP contribution in [0, 0.1) is 73.9 Å². The molecular weight excluding hydrogens is 713 g/mol. The zero-order valence-electron chi connectivity index (χ0n) is 37.3. The van der Waals surface area contributed by atoms with Crippen LogP contribution in [0.25, 0.3) is 0 Å². The number of carboxylic acid groups (broad SMARTS) is 1. The largest absolute Gasteiger partial charge is 0.481 e. The first-order chi connectivity index (χ1) is 26.4. The van der Waals surface area contributed by atoms with E-state index in [4.69, 9.17) is 14.1 Å². The molecule has 7 aliphatic rings. The van der Waals surface area contributed by atoms with Crippen LogP contribution in [0.15, 0.2) is 22.8 Å². The molecule has 1 N–H and O–H groups in total. The van der Waals surface area contributed by atoms with Gasteiger partial charge in [-0.2, -0.15) is 0 Å². The first kappa shape index (κ1) is 41.1. The van der Waals surface area contributed by atoms with Gasteiger partial charge in [-0.05, 0) is 142 Å². The number of fused-ring (bicyclic) bond motifs is 7. The second-order valence-corrected chi connectivity index (χ2v) is 23.6. The molecule has 0 bridgehead atoms. The standard InChI is InChI=1S/C49H74N2O6/c1-28(2)29-17-22-49(42(55)51-25-13-14-33(51)39-50-36(27-56-39)43(3,4)5)24-23-47(11)30(38(29)49)15-16-35-46(10)20-19-37(45(8,9)34(46)18-21-48(35,47)12)57-41(54)32-26-31(40(52)53)44(32,6)7/h27,29-35,37-38H,1,13-26H2,2-12H3,(H,52,53)/t29-,30+,31-,32+,33-,34?,35?,37-,38?,46-,47+,48+,49-/m0/s1. The number of esters is 1. The Morgan fingerprint density at radius 2 is 1.58 bits per heavy atom. The number of carboxylic acids is 1. The predicted molar refractivity (Wildman–Crippen MR) is 221 cm³/mol. The molecule has 3 unspecified atom stereocenters. The van der Waals surface area contributed by atoms with Gasteiger partial charge in [-0.15, -0.1) is 0 Å². The Hall–Kier alpha value is -2.64. The number of carbonyl (C=O) groups excluding carboxylic acids is 2. The van der Waals surface area contributed by atoms with Crippen molar-refractivity contribution >= 4 is 17.8 Å². The summed E-state index contributed by atoms with van der Waals surface area (Å²) in [7, 11) is 0. The minimum atomic E-state index is -0.817. The Kier molecular flexibility index (Phi) is 9.50. The molecule has 6 saturated carbocycles. The number of hydrogen-bond acceptors (Lipinski definition) is 6. The lowest BCUT2D eigenvalue weighted by atomic mass is 9.32. The highest BCUT2D eigenvalue weighted by atomic mass is 16.5. The number of hydrogen-bond donors (Lipinski definition) is 1. The maximum atomic E-state index is 15.4. The molecule has 1 amide bonds. The average Bonchev–Trinajstić information content (AvgIpc) is 3.88. The van der Waals surface area contributed by atoms with E-state index in [0.717, 1.165) is 82.9 Å². The summed E-state index contributed by atoms with van der Waals surface area (Å²) in [5.41, 5.74) is 1.30. The summed E-state index contributed by atoms with van der Waals surface area (Å²) in [6.07, 6.45) is 14.4. The van der Waals surface area contributed by atoms with Crippen LogP contribution < -0.4 is 0 Å². The fourth-order valence-electron chi connectivity index (χ4n) is 16.0. The van der Waals surface area contributed by atoms with Crippen molar-refractivity contribution in [3.63, 3.8) is 0 Å². The number of aliphatic carboxylic acids is 1. The Morgan fingerprint density at radius 1 is 0.860 bits per heavy atom. The number of aromatic nitrogens is 1. The summed E-state index contributed by atoms with van der Waals surface area (Å²) in [6, 6.07) is -0.0936. The number of nitrogens with zero attached hydrogens (tertiary/aromatic N) is 2. The van der Waals surface area contributed by atoms with Gasteiger partial charge in [0.25, 0.3) is 0 Å². The first-order valence-electron chi connectivity index (χ1n) is 22.8. The van der Waals surface area contributed by atoms with Crippen molar-refractivity contribution in [3.05, 3.63) is 30.0 Å². The summed E-state index contributed by atoms with van der Waals surface area (Å²) in [5.74, 6) is 1.28. The van der Waals surface area contributed by atoms with Crippen molar-refractivity contribution in [3.8, 4) is 0 Å². The van der Waals surface area contributed by atoms with Crippen LogP contribution in [-0.4, -0.2) is 45.5 Å². The Labute approximate surface area is 343 Å². The molecule has 1 aromatic heterocycles. The molecule has 6 aliphatic carbocycles. The molecule has 8 rings (SSSR count). The summed E-state index contributed by atoms with van der Waals surface area (Å²) < 4.78 is 12.6. The van der Waals surface area contributed by atoms with Crippen LogP contribution in [0.3, 0.4) is 0 Å². The third-order valence-electron chi connectivity index (χ3n) is 19.6. The third kappa shape index (κ3) is 5.68. The van der Waals surface area contributed by atoms with E-state index in [1.807, 2.05) is 13.8 Å². The van der Waals surface area contributed by atoms with Crippen molar-refractivity contribution in [1.82, 2.24) is 9.88 Å². The highest BCUT2D eigenvalue weighted by molar-refractivity contribution is 5.85. The molecule has 1 aliphatic heterocycles. The summed E-state index contributed by atoms with van der Waals surface area (Å²) in [4.78, 5) is 48.1. The maximum Gasteiger partial charge on any atom is 0.309 e. The smallest absolute Gasteiger partial charge is 0.309 e. The van der Waals surface area contributed by atoms with E-state index in [0.29, 0.717) is 47.8 Å². The van der Waals surface area contributed by atoms with Crippen LogP contribution in [-0.2, 0) is 24.5 Å². The molecule has 1 aromatic rings. The molecule has 13 atom stereocenters. The Morgan fingerprint density at radius 3 is 2.21 bits per heavy atom. The van der Waals surface area contributed by atoms with Crippen LogP contribution in [0.2, 0.25) is 0 Å². The topological polar surface area (TPSA) is 110 Å².